The van der Waals surface area contributed by atoms with Crippen LogP contribution in [-0.2, 0) is 0 Å². The Balaban J connectivity index is 0.000000561. The lowest BCUT2D eigenvalue weighted by molar-refractivity contribution is 0.486. The summed E-state index contributed by atoms with van der Waals surface area (Å²) in [6.45, 7) is 8.00. The third-order valence-electron chi connectivity index (χ3n) is 2.35. The fourth-order valence-electron chi connectivity index (χ4n) is 1.57. The van der Waals surface area contributed by atoms with Gasteiger partial charge in [0.15, 0.2) is 16.9 Å². The van der Waals surface area contributed by atoms with E-state index in [1.165, 1.54) is 6.20 Å². The van der Waals surface area contributed by atoms with Gasteiger partial charge in [-0.15, -0.1) is 0 Å². The lowest BCUT2D eigenvalue weighted by Gasteiger charge is -2.07. The van der Waals surface area contributed by atoms with E-state index in [1.807, 2.05) is 58.0 Å². The maximum atomic E-state index is 5.84. The third-order valence-corrected chi connectivity index (χ3v) is 2.53. The maximum absolute atomic E-state index is 5.84. The molecule has 0 aliphatic heterocycles. The van der Waals surface area contributed by atoms with Gasteiger partial charge in [0.1, 0.15) is 10.9 Å². The number of nitrogens with zero attached hydrogens (tertiary/aromatic N) is 3. The number of benzene rings is 1. The minimum Gasteiger partial charge on any atom is -0.455 e. The highest BCUT2D eigenvalue weighted by Crippen LogP contribution is 2.26. The predicted octanol–water partition coefficient (Wildman–Crippen LogP) is 5.52. The molecule has 2 heterocycles. The molecule has 0 saturated heterocycles. The van der Waals surface area contributed by atoms with Crippen molar-refractivity contribution in [3.05, 3.63) is 53.9 Å². The summed E-state index contributed by atoms with van der Waals surface area (Å²) in [4.78, 5) is 12.4. The Morgan fingerprint density at radius 3 is 2.27 bits per heavy atom. The number of hydrogen-bond acceptors (Lipinski definition) is 4. The summed E-state index contributed by atoms with van der Waals surface area (Å²) >= 11 is 5.84. The average molecular weight is 318 g/mol. The normalized spacial score (nSPS) is 9.14. The van der Waals surface area contributed by atoms with E-state index >= 15 is 0 Å². The molecule has 4 nitrogen and oxygen atoms in total. The molecule has 0 unspecified atom stereocenters. The molecule has 0 atom stereocenters. The predicted molar refractivity (Wildman–Crippen MR) is 91.6 cm³/mol. The number of aromatic nitrogens is 3. The van der Waals surface area contributed by atoms with Crippen LogP contribution in [0, 0.1) is 0 Å². The van der Waals surface area contributed by atoms with Crippen LogP contribution in [0.3, 0.4) is 0 Å². The van der Waals surface area contributed by atoms with Gasteiger partial charge < -0.3 is 4.74 Å². The molecule has 1 aromatic carbocycles. The van der Waals surface area contributed by atoms with Crippen molar-refractivity contribution in [1.29, 1.82) is 0 Å². The summed E-state index contributed by atoms with van der Waals surface area (Å²) in [5.41, 5.74) is 1.06. The van der Waals surface area contributed by atoms with Crippen LogP contribution >= 0.6 is 11.6 Å². The van der Waals surface area contributed by atoms with Crippen LogP contribution in [-0.4, -0.2) is 15.0 Å². The number of hydrogen-bond donors (Lipinski definition) is 0. The molecule has 0 fully saturated rings. The fourth-order valence-corrected chi connectivity index (χ4v) is 1.71. The van der Waals surface area contributed by atoms with E-state index in [0.29, 0.717) is 22.1 Å². The van der Waals surface area contributed by atoms with Crippen molar-refractivity contribution in [1.82, 2.24) is 15.0 Å². The number of halogens is 1. The summed E-state index contributed by atoms with van der Waals surface area (Å²) in [5.74, 6) is 1.31. The van der Waals surface area contributed by atoms with Crippen molar-refractivity contribution in [3.8, 4) is 11.5 Å². The Kier molecular flexibility index (Phi) is 7.86. The summed E-state index contributed by atoms with van der Waals surface area (Å²) in [6.07, 6.45) is 3.09. The van der Waals surface area contributed by atoms with E-state index in [9.17, 15) is 0 Å². The van der Waals surface area contributed by atoms with Crippen LogP contribution in [0.1, 0.15) is 27.7 Å². The molecule has 0 bridgehead atoms. The van der Waals surface area contributed by atoms with Gasteiger partial charge >= 0.3 is 0 Å². The largest absolute Gasteiger partial charge is 0.455 e. The molecule has 116 valence electrons. The van der Waals surface area contributed by atoms with Gasteiger partial charge in [-0.25, -0.2) is 15.0 Å². The van der Waals surface area contributed by atoms with E-state index < -0.39 is 0 Å². The highest BCUT2D eigenvalue weighted by molar-refractivity contribution is 6.29. The van der Waals surface area contributed by atoms with Crippen molar-refractivity contribution >= 4 is 22.8 Å². The minimum absolute atomic E-state index is 0.313. The van der Waals surface area contributed by atoms with Gasteiger partial charge in [-0.2, -0.15) is 0 Å². The zero-order valence-electron chi connectivity index (χ0n) is 13.2. The molecular formula is C17H20ClN3O. The Morgan fingerprint density at radius 2 is 1.59 bits per heavy atom. The number of fused-ring (bicyclic) bond motifs is 1. The van der Waals surface area contributed by atoms with Crippen LogP contribution in [0.15, 0.2) is 48.8 Å². The summed E-state index contributed by atoms with van der Waals surface area (Å²) in [6, 6.07) is 11.2. The van der Waals surface area contributed by atoms with Crippen LogP contribution in [0.4, 0.5) is 0 Å². The van der Waals surface area contributed by atoms with Crippen LogP contribution in [0.2, 0.25) is 5.15 Å². The molecule has 0 aliphatic carbocycles. The molecule has 0 aliphatic rings. The first-order valence-corrected chi connectivity index (χ1v) is 7.71. The second kappa shape index (κ2) is 9.68. The number of pyridine rings is 1. The number of rotatable bonds is 2. The third kappa shape index (κ3) is 4.67. The Bertz CT molecular complexity index is 690. The molecule has 0 spiro atoms. The van der Waals surface area contributed by atoms with E-state index in [-0.39, 0.29) is 0 Å². The first-order valence-electron chi connectivity index (χ1n) is 7.33. The monoisotopic (exact) mass is 317 g/mol. The second-order valence-corrected chi connectivity index (χ2v) is 3.98. The fraction of sp³-hybridized carbons (Fsp3) is 0.235. The average Bonchev–Trinajstić information content (AvgIpc) is 2.60. The standard InChI is InChI=1S/C13H8ClN3O.2C2H6/c14-11-8-16-13-12(17-11)10(6-7-15-13)18-9-4-2-1-3-5-9;2*1-2/h1-8H;2*1-2H3. The van der Waals surface area contributed by atoms with Gasteiger partial charge in [0.2, 0.25) is 0 Å². The molecular weight excluding hydrogens is 298 g/mol. The highest BCUT2D eigenvalue weighted by atomic mass is 35.5. The van der Waals surface area contributed by atoms with Crippen LogP contribution < -0.4 is 4.74 Å². The number of para-hydroxylation sites is 1. The van der Waals surface area contributed by atoms with E-state index in [4.69, 9.17) is 16.3 Å². The molecule has 2 aromatic heterocycles. The van der Waals surface area contributed by atoms with Crippen molar-refractivity contribution in [3.63, 3.8) is 0 Å². The topological polar surface area (TPSA) is 47.9 Å². The molecule has 0 saturated carbocycles. The first kappa shape index (κ1) is 17.9. The SMILES string of the molecule is CC.CC.Clc1cnc2nccc(Oc3ccccc3)c2n1. The Hall–Kier alpha value is -2.20. The van der Waals surface area contributed by atoms with Crippen molar-refractivity contribution in [2.75, 3.05) is 0 Å². The quantitative estimate of drug-likeness (QED) is 0.624. The second-order valence-electron chi connectivity index (χ2n) is 3.59. The lowest BCUT2D eigenvalue weighted by atomic mass is 10.3. The number of ether oxygens (including phenoxy) is 1. The smallest absolute Gasteiger partial charge is 0.182 e. The van der Waals surface area contributed by atoms with Gasteiger partial charge in [-0.1, -0.05) is 57.5 Å². The van der Waals surface area contributed by atoms with Crippen molar-refractivity contribution in [2.45, 2.75) is 27.7 Å². The molecule has 0 amide bonds. The Labute approximate surface area is 136 Å². The molecule has 0 radical (unpaired) electrons. The lowest BCUT2D eigenvalue weighted by Crippen LogP contribution is -1.92. The maximum Gasteiger partial charge on any atom is 0.182 e. The van der Waals surface area contributed by atoms with Crippen molar-refractivity contribution < 1.29 is 4.74 Å². The van der Waals surface area contributed by atoms with E-state index in [2.05, 4.69) is 15.0 Å². The molecule has 22 heavy (non-hydrogen) atoms. The van der Waals surface area contributed by atoms with Gasteiger partial charge in [-0.05, 0) is 12.1 Å². The summed E-state index contributed by atoms with van der Waals surface area (Å²) < 4.78 is 5.75. The van der Waals surface area contributed by atoms with Gasteiger partial charge in [-0.3, -0.25) is 0 Å². The van der Waals surface area contributed by atoms with E-state index in [0.717, 1.165) is 5.75 Å². The van der Waals surface area contributed by atoms with Gasteiger partial charge in [0.05, 0.1) is 6.20 Å². The summed E-state index contributed by atoms with van der Waals surface area (Å²) in [7, 11) is 0. The molecule has 3 rings (SSSR count). The summed E-state index contributed by atoms with van der Waals surface area (Å²) in [5, 5.41) is 0.313. The first-order chi connectivity index (χ1) is 10.8. The highest BCUT2D eigenvalue weighted by Gasteiger charge is 2.07. The zero-order chi connectivity index (χ0) is 16.4. The molecule has 5 heteroatoms. The van der Waals surface area contributed by atoms with Crippen LogP contribution in [0.5, 0.6) is 11.5 Å². The van der Waals surface area contributed by atoms with Crippen LogP contribution in [0.25, 0.3) is 11.2 Å². The van der Waals surface area contributed by atoms with Gasteiger partial charge in [0.25, 0.3) is 0 Å². The van der Waals surface area contributed by atoms with Crippen molar-refractivity contribution in [2.24, 2.45) is 0 Å². The van der Waals surface area contributed by atoms with Gasteiger partial charge in [0, 0.05) is 12.3 Å². The molecule has 0 N–H and O–H groups in total. The zero-order valence-corrected chi connectivity index (χ0v) is 14.0. The van der Waals surface area contributed by atoms with E-state index in [1.54, 1.807) is 12.3 Å². The molecule has 3 aromatic rings. The Morgan fingerprint density at radius 1 is 0.909 bits per heavy atom. The minimum atomic E-state index is 0.313.